The Morgan fingerprint density at radius 3 is 2.65 bits per heavy atom. The molecule has 0 unspecified atom stereocenters. The van der Waals surface area contributed by atoms with Crippen molar-refractivity contribution in [3.63, 3.8) is 0 Å². The fraction of sp³-hybridized carbons (Fsp3) is 0.182. The van der Waals surface area contributed by atoms with Crippen LogP contribution in [0.15, 0.2) is 34.9 Å². The summed E-state index contributed by atoms with van der Waals surface area (Å²) in [5.74, 6) is 1.70. The van der Waals surface area contributed by atoms with Gasteiger partial charge >= 0.3 is 0 Å². The topological polar surface area (TPSA) is 80.0 Å². The van der Waals surface area contributed by atoms with Crippen molar-refractivity contribution in [2.24, 2.45) is 0 Å². The summed E-state index contributed by atoms with van der Waals surface area (Å²) >= 11 is 0. The molecule has 0 radical (unpaired) electrons. The molecule has 88 valence electrons. The summed E-state index contributed by atoms with van der Waals surface area (Å²) in [7, 11) is 0. The highest BCUT2D eigenvalue weighted by Crippen LogP contribution is 2.08. The first kappa shape index (κ1) is 11.1. The molecule has 0 aliphatic rings. The molecule has 0 atom stereocenters. The lowest BCUT2D eigenvalue weighted by molar-refractivity contribution is -0.114. The molecule has 6 heteroatoms. The molecular formula is C11H12N4O2. The third-order valence-corrected chi connectivity index (χ3v) is 1.99. The fourth-order valence-corrected chi connectivity index (χ4v) is 1.26. The Morgan fingerprint density at radius 2 is 2.06 bits per heavy atom. The first-order valence-corrected chi connectivity index (χ1v) is 5.11. The van der Waals surface area contributed by atoms with Crippen molar-refractivity contribution < 1.29 is 9.21 Å². The van der Waals surface area contributed by atoms with E-state index in [0.717, 1.165) is 5.76 Å². The molecule has 2 N–H and O–H groups in total. The Balaban J connectivity index is 1.91. The number of hydrogen-bond acceptors (Lipinski definition) is 5. The summed E-state index contributed by atoms with van der Waals surface area (Å²) in [6.45, 7) is 1.96. The lowest BCUT2D eigenvalue weighted by Gasteiger charge is -2.03. The van der Waals surface area contributed by atoms with Crippen molar-refractivity contribution in [3.8, 4) is 0 Å². The average molecular weight is 232 g/mol. The number of hydrogen-bond donors (Lipinski definition) is 2. The zero-order valence-corrected chi connectivity index (χ0v) is 9.30. The van der Waals surface area contributed by atoms with E-state index in [1.165, 1.54) is 6.92 Å². The minimum Gasteiger partial charge on any atom is -0.467 e. The Morgan fingerprint density at radius 1 is 1.29 bits per heavy atom. The van der Waals surface area contributed by atoms with Crippen LogP contribution >= 0.6 is 0 Å². The van der Waals surface area contributed by atoms with Crippen LogP contribution in [0, 0.1) is 0 Å². The number of nitrogens with zero attached hydrogens (tertiary/aromatic N) is 2. The van der Waals surface area contributed by atoms with E-state index >= 15 is 0 Å². The summed E-state index contributed by atoms with van der Waals surface area (Å²) in [6, 6.07) is 7.11. The second-order valence-electron chi connectivity index (χ2n) is 3.42. The van der Waals surface area contributed by atoms with Gasteiger partial charge in [0.2, 0.25) is 5.91 Å². The van der Waals surface area contributed by atoms with Crippen LogP contribution in [-0.2, 0) is 11.3 Å². The maximum absolute atomic E-state index is 10.8. The van der Waals surface area contributed by atoms with E-state index in [1.54, 1.807) is 18.4 Å². The normalized spacial score (nSPS) is 9.94. The maximum atomic E-state index is 10.8. The lowest BCUT2D eigenvalue weighted by Crippen LogP contribution is -2.09. The zero-order chi connectivity index (χ0) is 12.1. The molecule has 2 aromatic heterocycles. The first-order chi connectivity index (χ1) is 8.24. The molecule has 6 nitrogen and oxygen atoms in total. The van der Waals surface area contributed by atoms with Gasteiger partial charge in [0.1, 0.15) is 11.6 Å². The predicted molar refractivity (Wildman–Crippen MR) is 62.4 cm³/mol. The lowest BCUT2D eigenvalue weighted by atomic mass is 10.4. The minimum atomic E-state index is -0.171. The molecule has 2 heterocycles. The van der Waals surface area contributed by atoms with Gasteiger partial charge in [0.15, 0.2) is 5.82 Å². The number of carbonyl (C=O) groups is 1. The van der Waals surface area contributed by atoms with Crippen molar-refractivity contribution in [2.45, 2.75) is 13.5 Å². The van der Waals surface area contributed by atoms with Gasteiger partial charge in [-0.1, -0.05) is 0 Å². The third-order valence-electron chi connectivity index (χ3n) is 1.99. The zero-order valence-electron chi connectivity index (χ0n) is 9.30. The van der Waals surface area contributed by atoms with E-state index in [4.69, 9.17) is 4.42 Å². The smallest absolute Gasteiger partial charge is 0.222 e. The Hall–Kier alpha value is -2.37. The molecule has 0 fully saturated rings. The van der Waals surface area contributed by atoms with Crippen LogP contribution in [0.2, 0.25) is 0 Å². The van der Waals surface area contributed by atoms with Gasteiger partial charge in [0, 0.05) is 6.92 Å². The molecule has 0 bridgehead atoms. The van der Waals surface area contributed by atoms with E-state index in [-0.39, 0.29) is 5.91 Å². The molecule has 17 heavy (non-hydrogen) atoms. The van der Waals surface area contributed by atoms with E-state index in [1.807, 2.05) is 12.1 Å². The summed E-state index contributed by atoms with van der Waals surface area (Å²) in [5.41, 5.74) is 0. The van der Waals surface area contributed by atoms with Crippen LogP contribution in [-0.4, -0.2) is 16.1 Å². The van der Waals surface area contributed by atoms with Gasteiger partial charge in [-0.2, -0.15) is 0 Å². The Kier molecular flexibility index (Phi) is 3.34. The van der Waals surface area contributed by atoms with Gasteiger partial charge in [0.25, 0.3) is 0 Å². The molecule has 0 spiro atoms. The van der Waals surface area contributed by atoms with Crippen molar-refractivity contribution >= 4 is 17.5 Å². The fourth-order valence-electron chi connectivity index (χ4n) is 1.26. The number of amides is 1. The van der Waals surface area contributed by atoms with Gasteiger partial charge in [-0.05, 0) is 24.3 Å². The standard InChI is InChI=1S/C11H12N4O2/c1-8(16)13-11-5-4-10(14-15-11)12-7-9-3-2-6-17-9/h2-6H,7H2,1H3,(H,12,14)(H,13,15,16). The van der Waals surface area contributed by atoms with E-state index in [0.29, 0.717) is 18.2 Å². The van der Waals surface area contributed by atoms with Crippen LogP contribution in [0.4, 0.5) is 11.6 Å². The maximum Gasteiger partial charge on any atom is 0.222 e. The van der Waals surface area contributed by atoms with Gasteiger partial charge in [0.05, 0.1) is 12.8 Å². The van der Waals surface area contributed by atoms with E-state index < -0.39 is 0 Å². The second-order valence-corrected chi connectivity index (χ2v) is 3.42. The Labute approximate surface area is 98.0 Å². The molecule has 0 saturated heterocycles. The molecule has 2 aromatic rings. The van der Waals surface area contributed by atoms with E-state index in [2.05, 4.69) is 20.8 Å². The first-order valence-electron chi connectivity index (χ1n) is 5.11. The number of carbonyl (C=O) groups excluding carboxylic acids is 1. The molecular weight excluding hydrogens is 220 g/mol. The summed E-state index contributed by atoms with van der Waals surface area (Å²) in [6.07, 6.45) is 1.61. The minimum absolute atomic E-state index is 0.171. The number of furan rings is 1. The van der Waals surface area contributed by atoms with Crippen molar-refractivity contribution in [2.75, 3.05) is 10.6 Å². The van der Waals surface area contributed by atoms with Crippen LogP contribution in [0.5, 0.6) is 0 Å². The van der Waals surface area contributed by atoms with Gasteiger partial charge in [-0.15, -0.1) is 10.2 Å². The number of anilines is 2. The highest BCUT2D eigenvalue weighted by atomic mass is 16.3. The average Bonchev–Trinajstić information content (AvgIpc) is 2.80. The van der Waals surface area contributed by atoms with Crippen molar-refractivity contribution in [1.82, 2.24) is 10.2 Å². The van der Waals surface area contributed by atoms with Gasteiger partial charge in [-0.3, -0.25) is 4.79 Å². The number of aromatic nitrogens is 2. The van der Waals surface area contributed by atoms with E-state index in [9.17, 15) is 4.79 Å². The Bertz CT molecular complexity index is 479. The van der Waals surface area contributed by atoms with Crippen LogP contribution in [0.25, 0.3) is 0 Å². The SMILES string of the molecule is CC(=O)Nc1ccc(NCc2ccco2)nn1. The van der Waals surface area contributed by atoms with Crippen molar-refractivity contribution in [3.05, 3.63) is 36.3 Å². The van der Waals surface area contributed by atoms with Crippen molar-refractivity contribution in [1.29, 1.82) is 0 Å². The van der Waals surface area contributed by atoms with Crippen LogP contribution in [0.3, 0.4) is 0 Å². The molecule has 0 aliphatic heterocycles. The molecule has 0 aromatic carbocycles. The molecule has 0 aliphatic carbocycles. The summed E-state index contributed by atoms with van der Waals surface area (Å²) < 4.78 is 5.16. The molecule has 1 amide bonds. The third kappa shape index (κ3) is 3.30. The predicted octanol–water partition coefficient (Wildman–Crippen LogP) is 1.64. The largest absolute Gasteiger partial charge is 0.467 e. The second kappa shape index (κ2) is 5.11. The number of nitrogens with one attached hydrogen (secondary N) is 2. The van der Waals surface area contributed by atoms with Gasteiger partial charge in [-0.25, -0.2) is 0 Å². The van der Waals surface area contributed by atoms with Crippen LogP contribution < -0.4 is 10.6 Å². The monoisotopic (exact) mass is 232 g/mol. The highest BCUT2D eigenvalue weighted by Gasteiger charge is 2.00. The molecule has 0 saturated carbocycles. The quantitative estimate of drug-likeness (QED) is 0.837. The highest BCUT2D eigenvalue weighted by molar-refractivity contribution is 5.87. The van der Waals surface area contributed by atoms with Crippen LogP contribution in [0.1, 0.15) is 12.7 Å². The summed E-state index contributed by atoms with van der Waals surface area (Å²) in [5, 5.41) is 13.3. The molecule has 2 rings (SSSR count). The van der Waals surface area contributed by atoms with Gasteiger partial charge < -0.3 is 15.1 Å². The number of rotatable bonds is 4. The summed E-state index contributed by atoms with van der Waals surface area (Å²) in [4.78, 5) is 10.8.